The van der Waals surface area contributed by atoms with E-state index in [2.05, 4.69) is 25.7 Å². The average Bonchev–Trinajstić information content (AvgIpc) is 2.59. The van der Waals surface area contributed by atoms with E-state index < -0.39 is 0 Å². The molecule has 0 spiro atoms. The van der Waals surface area contributed by atoms with Crippen molar-refractivity contribution in [3.8, 4) is 0 Å². The highest BCUT2D eigenvalue weighted by Crippen LogP contribution is 1.96. The average molecular weight is 239 g/mol. The Labute approximate surface area is 102 Å². The van der Waals surface area contributed by atoms with E-state index in [9.17, 15) is 0 Å². The zero-order chi connectivity index (χ0) is 11.9. The lowest BCUT2D eigenvalue weighted by molar-refractivity contribution is 0.287. The Hall–Kier alpha value is -0.980. The molecule has 0 unspecified atom stereocenters. The van der Waals surface area contributed by atoms with E-state index in [1.165, 1.54) is 13.0 Å². The highest BCUT2D eigenvalue weighted by Gasteiger charge is 2.07. The third kappa shape index (κ3) is 4.41. The molecule has 2 heterocycles. The molecule has 1 saturated heterocycles. The maximum absolute atomic E-state index is 5.03. The van der Waals surface area contributed by atoms with Crippen molar-refractivity contribution >= 4 is 0 Å². The van der Waals surface area contributed by atoms with E-state index in [1.54, 1.807) is 0 Å². The summed E-state index contributed by atoms with van der Waals surface area (Å²) in [5.41, 5.74) is 0. The van der Waals surface area contributed by atoms with Gasteiger partial charge in [0.25, 0.3) is 0 Å². The van der Waals surface area contributed by atoms with Crippen molar-refractivity contribution in [2.75, 3.05) is 39.3 Å². The second-order valence-electron chi connectivity index (χ2n) is 4.36. The fourth-order valence-electron chi connectivity index (χ4n) is 1.97. The molecule has 0 radical (unpaired) electrons. The van der Waals surface area contributed by atoms with Crippen LogP contribution in [0.1, 0.15) is 18.1 Å². The third-order valence-electron chi connectivity index (χ3n) is 2.88. The van der Waals surface area contributed by atoms with E-state index in [-0.39, 0.29) is 0 Å². The Balaban J connectivity index is 1.59. The molecule has 2 N–H and O–H groups in total. The summed E-state index contributed by atoms with van der Waals surface area (Å²) in [6.07, 6.45) is 1.24. The van der Waals surface area contributed by atoms with E-state index in [4.69, 9.17) is 4.52 Å². The molecule has 0 bridgehead atoms. The van der Waals surface area contributed by atoms with Crippen LogP contribution in [-0.4, -0.2) is 54.3 Å². The fraction of sp³-hybridized carbons (Fsp3) is 0.818. The molecule has 0 amide bonds. The summed E-state index contributed by atoms with van der Waals surface area (Å²) in [4.78, 5) is 6.62. The molecular formula is C11H21N5O. The molecule has 0 aliphatic carbocycles. The van der Waals surface area contributed by atoms with Crippen molar-refractivity contribution in [3.05, 3.63) is 11.7 Å². The smallest absolute Gasteiger partial charge is 0.240 e. The number of aromatic nitrogens is 2. The Morgan fingerprint density at radius 2 is 2.35 bits per heavy atom. The van der Waals surface area contributed by atoms with E-state index >= 15 is 0 Å². The van der Waals surface area contributed by atoms with Crippen molar-refractivity contribution in [1.29, 1.82) is 0 Å². The lowest BCUT2D eigenvalue weighted by Crippen LogP contribution is -2.34. The van der Waals surface area contributed by atoms with Gasteiger partial charge in [-0.3, -0.25) is 0 Å². The molecule has 1 aliphatic rings. The predicted octanol–water partition coefficient (Wildman–Crippen LogP) is -0.237. The van der Waals surface area contributed by atoms with Crippen LogP contribution < -0.4 is 10.6 Å². The van der Waals surface area contributed by atoms with Crippen LogP contribution in [0.25, 0.3) is 0 Å². The van der Waals surface area contributed by atoms with Gasteiger partial charge in [0.15, 0.2) is 5.82 Å². The van der Waals surface area contributed by atoms with Crippen molar-refractivity contribution in [2.45, 2.75) is 19.9 Å². The fourth-order valence-corrected chi connectivity index (χ4v) is 1.97. The molecule has 2 rings (SSSR count). The Kier molecular flexibility index (Phi) is 4.90. The molecule has 1 aliphatic heterocycles. The lowest BCUT2D eigenvalue weighted by atomic mass is 10.4. The molecule has 0 atom stereocenters. The van der Waals surface area contributed by atoms with Gasteiger partial charge in [-0.2, -0.15) is 4.98 Å². The molecular weight excluding hydrogens is 218 g/mol. The maximum atomic E-state index is 5.03. The molecule has 1 aromatic heterocycles. The zero-order valence-corrected chi connectivity index (χ0v) is 10.4. The van der Waals surface area contributed by atoms with E-state index in [0.717, 1.165) is 32.7 Å². The van der Waals surface area contributed by atoms with Gasteiger partial charge in [0.1, 0.15) is 0 Å². The van der Waals surface area contributed by atoms with Crippen LogP contribution in [0.4, 0.5) is 0 Å². The van der Waals surface area contributed by atoms with Gasteiger partial charge in [0.05, 0.1) is 6.54 Å². The van der Waals surface area contributed by atoms with Crippen molar-refractivity contribution in [3.63, 3.8) is 0 Å². The zero-order valence-electron chi connectivity index (χ0n) is 10.4. The monoisotopic (exact) mass is 239 g/mol. The van der Waals surface area contributed by atoms with Crippen LogP contribution in [0.5, 0.6) is 0 Å². The molecule has 96 valence electrons. The number of nitrogens with zero attached hydrogens (tertiary/aromatic N) is 3. The first-order valence-electron chi connectivity index (χ1n) is 6.27. The molecule has 1 fully saturated rings. The standard InChI is InChI=1S/C11H21N5O/c1-10-14-11(17-15-10)9-13-5-8-16-6-2-3-12-4-7-16/h12-13H,2-9H2,1H3. The van der Waals surface area contributed by atoms with Crippen LogP contribution in [0, 0.1) is 6.92 Å². The van der Waals surface area contributed by atoms with Crippen molar-refractivity contribution < 1.29 is 4.52 Å². The van der Waals surface area contributed by atoms with Gasteiger partial charge in [-0.25, -0.2) is 0 Å². The van der Waals surface area contributed by atoms with Gasteiger partial charge < -0.3 is 20.1 Å². The molecule has 6 heteroatoms. The van der Waals surface area contributed by atoms with Crippen LogP contribution >= 0.6 is 0 Å². The van der Waals surface area contributed by atoms with Crippen LogP contribution in [0.3, 0.4) is 0 Å². The highest BCUT2D eigenvalue weighted by atomic mass is 16.5. The quantitative estimate of drug-likeness (QED) is 0.692. The molecule has 1 aromatic rings. The summed E-state index contributed by atoms with van der Waals surface area (Å²) < 4.78 is 5.03. The topological polar surface area (TPSA) is 66.2 Å². The Morgan fingerprint density at radius 3 is 3.18 bits per heavy atom. The molecule has 17 heavy (non-hydrogen) atoms. The summed E-state index contributed by atoms with van der Waals surface area (Å²) in [5, 5.41) is 10.5. The number of aryl methyl sites for hydroxylation is 1. The van der Waals surface area contributed by atoms with Crippen molar-refractivity contribution in [2.24, 2.45) is 0 Å². The van der Waals surface area contributed by atoms with Gasteiger partial charge in [0.2, 0.25) is 5.89 Å². The number of nitrogens with one attached hydrogen (secondary N) is 2. The largest absolute Gasteiger partial charge is 0.338 e. The van der Waals surface area contributed by atoms with Gasteiger partial charge in [-0.1, -0.05) is 5.16 Å². The lowest BCUT2D eigenvalue weighted by Gasteiger charge is -2.19. The predicted molar refractivity (Wildman–Crippen MR) is 64.7 cm³/mol. The Morgan fingerprint density at radius 1 is 1.41 bits per heavy atom. The minimum atomic E-state index is 0.660. The van der Waals surface area contributed by atoms with Crippen LogP contribution in [-0.2, 0) is 6.54 Å². The first kappa shape index (κ1) is 12.5. The van der Waals surface area contributed by atoms with Gasteiger partial charge in [0, 0.05) is 26.2 Å². The number of rotatable bonds is 5. The molecule has 0 saturated carbocycles. The van der Waals surface area contributed by atoms with E-state index in [1.807, 2.05) is 6.92 Å². The number of hydrogen-bond acceptors (Lipinski definition) is 6. The minimum Gasteiger partial charge on any atom is -0.338 e. The van der Waals surface area contributed by atoms with Crippen molar-refractivity contribution in [1.82, 2.24) is 25.7 Å². The summed E-state index contributed by atoms with van der Waals surface area (Å²) in [6.45, 7) is 9.10. The number of hydrogen-bond donors (Lipinski definition) is 2. The second-order valence-corrected chi connectivity index (χ2v) is 4.36. The van der Waals surface area contributed by atoms with Gasteiger partial charge >= 0.3 is 0 Å². The third-order valence-corrected chi connectivity index (χ3v) is 2.88. The van der Waals surface area contributed by atoms with Crippen LogP contribution in [0.2, 0.25) is 0 Å². The second kappa shape index (κ2) is 6.68. The molecule has 0 aromatic carbocycles. The summed E-state index contributed by atoms with van der Waals surface area (Å²) in [7, 11) is 0. The summed E-state index contributed by atoms with van der Waals surface area (Å²) >= 11 is 0. The minimum absolute atomic E-state index is 0.660. The first-order chi connectivity index (χ1) is 8.34. The highest BCUT2D eigenvalue weighted by molar-refractivity contribution is 4.81. The molecule has 6 nitrogen and oxygen atoms in total. The van der Waals surface area contributed by atoms with Crippen LogP contribution in [0.15, 0.2) is 4.52 Å². The normalized spacial score (nSPS) is 18.2. The summed E-state index contributed by atoms with van der Waals surface area (Å²) in [6, 6.07) is 0. The maximum Gasteiger partial charge on any atom is 0.240 e. The van der Waals surface area contributed by atoms with Gasteiger partial charge in [-0.15, -0.1) is 0 Å². The Bertz CT molecular complexity index is 319. The van der Waals surface area contributed by atoms with E-state index in [0.29, 0.717) is 18.3 Å². The SMILES string of the molecule is Cc1noc(CNCCN2CCCNCC2)n1. The summed E-state index contributed by atoms with van der Waals surface area (Å²) in [5.74, 6) is 1.36. The van der Waals surface area contributed by atoms with Gasteiger partial charge in [-0.05, 0) is 26.4 Å². The first-order valence-corrected chi connectivity index (χ1v) is 6.27.